The van der Waals surface area contributed by atoms with Crippen molar-refractivity contribution in [1.29, 1.82) is 0 Å². The van der Waals surface area contributed by atoms with Gasteiger partial charge < -0.3 is 0 Å². The zero-order valence-electron chi connectivity index (χ0n) is 24.6. The molecule has 0 saturated heterocycles. The van der Waals surface area contributed by atoms with E-state index < -0.39 is 8.07 Å². The summed E-state index contributed by atoms with van der Waals surface area (Å²) >= 11 is 0. The molecule has 1 aromatic carbocycles. The average molecular weight is 501 g/mol. The van der Waals surface area contributed by atoms with Crippen molar-refractivity contribution in [3.63, 3.8) is 0 Å². The highest BCUT2D eigenvalue weighted by molar-refractivity contribution is 6.91. The third-order valence-corrected chi connectivity index (χ3v) is 13.9. The second-order valence-corrected chi connectivity index (χ2v) is 16.3. The Kier molecular flexibility index (Phi) is 22.1. The smallest absolute Gasteiger partial charge is 0.0654 e. The summed E-state index contributed by atoms with van der Waals surface area (Å²) in [6.07, 6.45) is 31.9. The van der Waals surface area contributed by atoms with Gasteiger partial charge in [-0.3, -0.25) is 0 Å². The SMILES string of the molecule is CCCCCCCCCCCC[Si](CCCCCCCC)(CCCCCCCC)c1ccccc1. The number of hydrogen-bond acceptors (Lipinski definition) is 0. The van der Waals surface area contributed by atoms with Crippen molar-refractivity contribution in [2.75, 3.05) is 0 Å². The molecule has 0 saturated carbocycles. The highest BCUT2D eigenvalue weighted by atomic mass is 28.3. The van der Waals surface area contributed by atoms with Crippen LogP contribution in [-0.2, 0) is 0 Å². The second-order valence-electron chi connectivity index (χ2n) is 11.6. The number of benzene rings is 1. The van der Waals surface area contributed by atoms with E-state index in [0.717, 1.165) is 0 Å². The van der Waals surface area contributed by atoms with E-state index >= 15 is 0 Å². The van der Waals surface area contributed by atoms with Crippen LogP contribution in [0.5, 0.6) is 0 Å². The molecule has 0 spiro atoms. The summed E-state index contributed by atoms with van der Waals surface area (Å²) in [4.78, 5) is 0. The van der Waals surface area contributed by atoms with Gasteiger partial charge in [0.25, 0.3) is 0 Å². The number of rotatable bonds is 26. The predicted octanol–water partition coefficient (Wildman–Crippen LogP) is 12.0. The Morgan fingerprint density at radius 1 is 0.371 bits per heavy atom. The minimum atomic E-state index is -1.40. The Labute approximate surface area is 223 Å². The summed E-state index contributed by atoms with van der Waals surface area (Å²) in [5.74, 6) is 0. The standard InChI is InChI=1S/C34H64Si/c1-4-7-10-13-16-17-18-19-22-28-33-35(34-29-24-23-25-30-34,31-26-20-14-11-8-5-2)32-27-21-15-12-9-6-3/h23-25,29-30H,4-22,26-28,31-33H2,1-3H3. The van der Waals surface area contributed by atoms with Crippen LogP contribution in [0, 0.1) is 0 Å². The van der Waals surface area contributed by atoms with E-state index in [-0.39, 0.29) is 0 Å². The van der Waals surface area contributed by atoms with Gasteiger partial charge in [-0.05, 0) is 0 Å². The van der Waals surface area contributed by atoms with E-state index in [0.29, 0.717) is 0 Å². The Bertz CT molecular complexity index is 521. The van der Waals surface area contributed by atoms with Crippen LogP contribution in [0.4, 0.5) is 0 Å². The van der Waals surface area contributed by atoms with Crippen molar-refractivity contribution in [2.45, 2.75) is 180 Å². The third-order valence-electron chi connectivity index (χ3n) is 8.41. The fourth-order valence-electron chi connectivity index (χ4n) is 6.04. The van der Waals surface area contributed by atoms with Crippen molar-refractivity contribution in [3.8, 4) is 0 Å². The molecule has 1 aromatic rings. The topological polar surface area (TPSA) is 0 Å². The van der Waals surface area contributed by atoms with E-state index in [1.165, 1.54) is 141 Å². The molecule has 0 N–H and O–H groups in total. The third kappa shape index (κ3) is 16.7. The molecule has 0 amide bonds. The Morgan fingerprint density at radius 2 is 0.657 bits per heavy atom. The van der Waals surface area contributed by atoms with Crippen LogP contribution in [0.2, 0.25) is 18.1 Å². The predicted molar refractivity (Wildman–Crippen MR) is 165 cm³/mol. The van der Waals surface area contributed by atoms with Crippen molar-refractivity contribution in [1.82, 2.24) is 0 Å². The Hall–Kier alpha value is -0.563. The van der Waals surface area contributed by atoms with E-state index in [1.807, 2.05) is 0 Å². The van der Waals surface area contributed by atoms with E-state index in [9.17, 15) is 0 Å². The molecule has 0 atom stereocenters. The zero-order valence-corrected chi connectivity index (χ0v) is 25.6. The maximum Gasteiger partial charge on any atom is 0.0867 e. The lowest BCUT2D eigenvalue weighted by atomic mass is 10.1. The summed E-state index contributed by atoms with van der Waals surface area (Å²) in [5.41, 5.74) is 0. The zero-order chi connectivity index (χ0) is 25.3. The molecule has 0 aromatic heterocycles. The lowest BCUT2D eigenvalue weighted by Crippen LogP contribution is -2.47. The molecule has 204 valence electrons. The summed E-state index contributed by atoms with van der Waals surface area (Å²) in [7, 11) is -1.40. The van der Waals surface area contributed by atoms with Crippen LogP contribution in [0.25, 0.3) is 0 Å². The van der Waals surface area contributed by atoms with Crippen molar-refractivity contribution in [3.05, 3.63) is 30.3 Å². The van der Waals surface area contributed by atoms with Crippen LogP contribution < -0.4 is 5.19 Å². The Balaban J connectivity index is 2.60. The van der Waals surface area contributed by atoms with E-state index in [2.05, 4.69) is 51.1 Å². The number of hydrogen-bond donors (Lipinski definition) is 0. The molecule has 0 aliphatic carbocycles. The first-order chi connectivity index (χ1) is 17.3. The van der Waals surface area contributed by atoms with Gasteiger partial charge in [0.1, 0.15) is 0 Å². The van der Waals surface area contributed by atoms with Crippen LogP contribution in [-0.4, -0.2) is 8.07 Å². The molecule has 0 fully saturated rings. The first-order valence-corrected chi connectivity index (χ1v) is 19.0. The van der Waals surface area contributed by atoms with Gasteiger partial charge in [0, 0.05) is 0 Å². The minimum absolute atomic E-state index is 1.36. The molecule has 0 bridgehead atoms. The maximum absolute atomic E-state index is 2.52. The fraction of sp³-hybridized carbons (Fsp3) is 0.824. The lowest BCUT2D eigenvalue weighted by Gasteiger charge is -2.33. The molecule has 1 rings (SSSR count). The summed E-state index contributed by atoms with van der Waals surface area (Å²) in [6, 6.07) is 16.6. The molecular weight excluding hydrogens is 436 g/mol. The van der Waals surface area contributed by atoms with Crippen molar-refractivity contribution < 1.29 is 0 Å². The molecule has 35 heavy (non-hydrogen) atoms. The first-order valence-electron chi connectivity index (χ1n) is 16.3. The largest absolute Gasteiger partial charge is 0.0867 e. The second kappa shape index (κ2) is 23.8. The van der Waals surface area contributed by atoms with Gasteiger partial charge in [-0.1, -0.05) is 216 Å². The highest BCUT2D eigenvalue weighted by Gasteiger charge is 2.33. The van der Waals surface area contributed by atoms with E-state index in [1.54, 1.807) is 23.3 Å². The van der Waals surface area contributed by atoms with Gasteiger partial charge in [0.05, 0.1) is 8.07 Å². The van der Waals surface area contributed by atoms with Gasteiger partial charge in [0.2, 0.25) is 0 Å². The van der Waals surface area contributed by atoms with Gasteiger partial charge in [0.15, 0.2) is 0 Å². The fourth-order valence-corrected chi connectivity index (χ4v) is 11.3. The van der Waals surface area contributed by atoms with Crippen molar-refractivity contribution in [2.24, 2.45) is 0 Å². The summed E-state index contributed by atoms with van der Waals surface area (Å²) in [6.45, 7) is 6.98. The van der Waals surface area contributed by atoms with Crippen LogP contribution >= 0.6 is 0 Å². The van der Waals surface area contributed by atoms with Crippen molar-refractivity contribution >= 4 is 13.3 Å². The molecule has 1 heteroatoms. The normalized spacial score (nSPS) is 11.9. The number of unbranched alkanes of at least 4 members (excludes halogenated alkanes) is 19. The average Bonchev–Trinajstić information content (AvgIpc) is 2.89. The van der Waals surface area contributed by atoms with Crippen LogP contribution in [0.1, 0.15) is 162 Å². The first kappa shape index (κ1) is 32.5. The molecule has 0 aliphatic heterocycles. The van der Waals surface area contributed by atoms with Gasteiger partial charge in [-0.15, -0.1) is 0 Å². The molecule has 0 nitrogen and oxygen atoms in total. The molecule has 0 aliphatic rings. The van der Waals surface area contributed by atoms with Gasteiger partial charge >= 0.3 is 0 Å². The monoisotopic (exact) mass is 500 g/mol. The van der Waals surface area contributed by atoms with E-state index in [4.69, 9.17) is 0 Å². The molecular formula is C34H64Si. The summed E-state index contributed by atoms with van der Waals surface area (Å²) in [5, 5.41) is 1.79. The highest BCUT2D eigenvalue weighted by Crippen LogP contribution is 2.30. The summed E-state index contributed by atoms with van der Waals surface area (Å²) < 4.78 is 0. The molecule has 0 unspecified atom stereocenters. The molecule has 0 radical (unpaired) electrons. The quantitative estimate of drug-likeness (QED) is 0.0876. The Morgan fingerprint density at radius 3 is 0.971 bits per heavy atom. The van der Waals surface area contributed by atoms with Crippen LogP contribution in [0.3, 0.4) is 0 Å². The lowest BCUT2D eigenvalue weighted by molar-refractivity contribution is 0.561. The minimum Gasteiger partial charge on any atom is -0.0654 e. The molecule has 0 heterocycles. The van der Waals surface area contributed by atoms with Gasteiger partial charge in [-0.2, -0.15) is 0 Å². The van der Waals surface area contributed by atoms with Gasteiger partial charge in [-0.25, -0.2) is 0 Å². The maximum atomic E-state index is 2.52. The van der Waals surface area contributed by atoms with Crippen LogP contribution in [0.15, 0.2) is 30.3 Å².